The SMILES string of the molecule is CC1(c2ncc(Cc3ccccc3)o2)CCCN(C(=O)c2ccc(=O)[nH]c2)C1. The van der Waals surface area contributed by atoms with E-state index in [4.69, 9.17) is 4.42 Å². The Bertz CT molecular complexity index is 1000. The smallest absolute Gasteiger partial charge is 0.255 e. The van der Waals surface area contributed by atoms with Crippen molar-refractivity contribution in [1.82, 2.24) is 14.9 Å². The van der Waals surface area contributed by atoms with Crippen LogP contribution >= 0.6 is 0 Å². The van der Waals surface area contributed by atoms with Crippen LogP contribution in [0.1, 0.15) is 47.3 Å². The highest BCUT2D eigenvalue weighted by molar-refractivity contribution is 5.94. The van der Waals surface area contributed by atoms with Crippen LogP contribution in [0.25, 0.3) is 0 Å². The monoisotopic (exact) mass is 377 g/mol. The summed E-state index contributed by atoms with van der Waals surface area (Å²) in [7, 11) is 0. The number of likely N-dealkylation sites (tertiary alicyclic amines) is 1. The molecule has 0 spiro atoms. The van der Waals surface area contributed by atoms with Gasteiger partial charge in [-0.2, -0.15) is 0 Å². The Kier molecular flexibility index (Phi) is 4.86. The molecule has 1 atom stereocenters. The van der Waals surface area contributed by atoms with E-state index in [1.165, 1.54) is 17.8 Å². The minimum Gasteiger partial charge on any atom is -0.445 e. The van der Waals surface area contributed by atoms with Gasteiger partial charge in [-0.25, -0.2) is 4.98 Å². The molecule has 28 heavy (non-hydrogen) atoms. The molecule has 6 nitrogen and oxygen atoms in total. The second-order valence-corrected chi connectivity index (χ2v) is 7.63. The summed E-state index contributed by atoms with van der Waals surface area (Å²) < 4.78 is 6.08. The van der Waals surface area contributed by atoms with Crippen molar-refractivity contribution in [1.29, 1.82) is 0 Å². The zero-order chi connectivity index (χ0) is 19.6. The van der Waals surface area contributed by atoms with Gasteiger partial charge in [0.25, 0.3) is 5.91 Å². The van der Waals surface area contributed by atoms with Gasteiger partial charge in [0.2, 0.25) is 11.4 Å². The topological polar surface area (TPSA) is 79.2 Å². The zero-order valence-corrected chi connectivity index (χ0v) is 15.9. The Hall–Kier alpha value is -3.15. The van der Waals surface area contributed by atoms with E-state index >= 15 is 0 Å². The molecule has 6 heteroatoms. The summed E-state index contributed by atoms with van der Waals surface area (Å²) >= 11 is 0. The number of nitrogens with one attached hydrogen (secondary N) is 1. The molecule has 1 aliphatic rings. The Morgan fingerprint density at radius 2 is 2.07 bits per heavy atom. The van der Waals surface area contributed by atoms with E-state index < -0.39 is 0 Å². The van der Waals surface area contributed by atoms with Crippen LogP contribution in [0.5, 0.6) is 0 Å². The third kappa shape index (κ3) is 3.76. The number of nitrogens with zero attached hydrogens (tertiary/aromatic N) is 2. The molecule has 0 bridgehead atoms. The van der Waals surface area contributed by atoms with E-state index in [-0.39, 0.29) is 16.9 Å². The molecule has 1 unspecified atom stereocenters. The zero-order valence-electron chi connectivity index (χ0n) is 15.9. The van der Waals surface area contributed by atoms with Crippen molar-refractivity contribution in [2.75, 3.05) is 13.1 Å². The number of pyridine rings is 1. The van der Waals surface area contributed by atoms with Crippen LogP contribution in [0.4, 0.5) is 0 Å². The van der Waals surface area contributed by atoms with Gasteiger partial charge < -0.3 is 14.3 Å². The Balaban J connectivity index is 1.50. The lowest BCUT2D eigenvalue weighted by Gasteiger charge is -2.38. The first-order valence-corrected chi connectivity index (χ1v) is 9.51. The van der Waals surface area contributed by atoms with Crippen molar-refractivity contribution in [3.05, 3.63) is 88.0 Å². The van der Waals surface area contributed by atoms with Gasteiger partial charge in [-0.3, -0.25) is 9.59 Å². The number of oxazole rings is 1. The number of amides is 1. The van der Waals surface area contributed by atoms with E-state index in [0.29, 0.717) is 31.0 Å². The van der Waals surface area contributed by atoms with Gasteiger partial charge in [-0.05, 0) is 31.4 Å². The molecule has 1 saturated heterocycles. The second-order valence-electron chi connectivity index (χ2n) is 7.63. The Labute approximate surface area is 163 Å². The highest BCUT2D eigenvalue weighted by Gasteiger charge is 2.38. The standard InChI is InChI=1S/C22H23N3O3/c1-22(21-24-14-18(28-21)12-16-6-3-2-4-7-16)10-5-11-25(15-22)20(27)17-8-9-19(26)23-13-17/h2-4,6-9,13-14H,5,10-12,15H2,1H3,(H,23,26). The molecule has 1 aromatic carbocycles. The third-order valence-corrected chi connectivity index (χ3v) is 5.31. The highest BCUT2D eigenvalue weighted by atomic mass is 16.4. The molecule has 144 valence electrons. The van der Waals surface area contributed by atoms with Crippen molar-refractivity contribution < 1.29 is 9.21 Å². The predicted molar refractivity (Wildman–Crippen MR) is 105 cm³/mol. The maximum atomic E-state index is 12.8. The second kappa shape index (κ2) is 7.46. The van der Waals surface area contributed by atoms with Crippen LogP contribution in [-0.4, -0.2) is 33.9 Å². The number of benzene rings is 1. The Morgan fingerprint density at radius 1 is 1.25 bits per heavy atom. The largest absolute Gasteiger partial charge is 0.445 e. The minimum atomic E-state index is -0.328. The molecule has 0 radical (unpaired) electrons. The van der Waals surface area contributed by atoms with Crippen LogP contribution < -0.4 is 5.56 Å². The summed E-state index contributed by atoms with van der Waals surface area (Å²) in [6, 6.07) is 13.1. The van der Waals surface area contributed by atoms with Crippen molar-refractivity contribution >= 4 is 5.91 Å². The maximum absolute atomic E-state index is 12.8. The van der Waals surface area contributed by atoms with E-state index in [9.17, 15) is 9.59 Å². The number of piperidine rings is 1. The summed E-state index contributed by atoms with van der Waals surface area (Å²) in [4.78, 5) is 33.0. The average molecular weight is 377 g/mol. The van der Waals surface area contributed by atoms with Crippen molar-refractivity contribution in [2.24, 2.45) is 0 Å². The molecule has 1 aliphatic heterocycles. The lowest BCUT2D eigenvalue weighted by molar-refractivity contribution is 0.0625. The van der Waals surface area contributed by atoms with Crippen molar-refractivity contribution in [2.45, 2.75) is 31.6 Å². The number of aromatic amines is 1. The van der Waals surface area contributed by atoms with Crippen molar-refractivity contribution in [3.63, 3.8) is 0 Å². The normalized spacial score (nSPS) is 19.5. The molecular weight excluding hydrogens is 354 g/mol. The minimum absolute atomic E-state index is 0.0850. The predicted octanol–water partition coefficient (Wildman–Crippen LogP) is 3.15. The quantitative estimate of drug-likeness (QED) is 0.757. The number of H-pyrrole nitrogens is 1. The Morgan fingerprint density at radius 3 is 2.82 bits per heavy atom. The summed E-state index contributed by atoms with van der Waals surface area (Å²) in [6.45, 7) is 3.32. The fourth-order valence-electron chi connectivity index (χ4n) is 3.78. The highest BCUT2D eigenvalue weighted by Crippen LogP contribution is 2.34. The van der Waals surface area contributed by atoms with Gasteiger partial charge >= 0.3 is 0 Å². The first-order chi connectivity index (χ1) is 13.5. The maximum Gasteiger partial charge on any atom is 0.255 e. The summed E-state index contributed by atoms with van der Waals surface area (Å²) in [5.41, 5.74) is 1.12. The van der Waals surface area contributed by atoms with E-state index in [0.717, 1.165) is 18.6 Å². The van der Waals surface area contributed by atoms with Gasteiger partial charge in [0.1, 0.15) is 5.76 Å². The van der Waals surface area contributed by atoms with Gasteiger partial charge in [0.15, 0.2) is 0 Å². The van der Waals surface area contributed by atoms with Crippen LogP contribution in [0.3, 0.4) is 0 Å². The molecular formula is C22H23N3O3. The molecule has 0 aliphatic carbocycles. The average Bonchev–Trinajstić information content (AvgIpc) is 3.18. The fraction of sp³-hybridized carbons (Fsp3) is 0.318. The van der Waals surface area contributed by atoms with Crippen molar-refractivity contribution in [3.8, 4) is 0 Å². The molecule has 1 N–H and O–H groups in total. The molecule has 1 amide bonds. The third-order valence-electron chi connectivity index (χ3n) is 5.31. The number of rotatable bonds is 4. The van der Waals surface area contributed by atoms with Gasteiger partial charge in [0.05, 0.1) is 17.2 Å². The van der Waals surface area contributed by atoms with E-state index in [2.05, 4.69) is 29.0 Å². The molecule has 2 aromatic heterocycles. The number of carbonyl (C=O) groups is 1. The molecule has 0 saturated carbocycles. The lowest BCUT2D eigenvalue weighted by atomic mass is 9.81. The number of aromatic nitrogens is 2. The van der Waals surface area contributed by atoms with Crippen LogP contribution in [-0.2, 0) is 11.8 Å². The lowest BCUT2D eigenvalue weighted by Crippen LogP contribution is -2.47. The number of hydrogen-bond donors (Lipinski definition) is 1. The molecule has 4 rings (SSSR count). The van der Waals surface area contributed by atoms with Gasteiger partial charge in [-0.15, -0.1) is 0 Å². The summed E-state index contributed by atoms with van der Waals surface area (Å²) in [5.74, 6) is 1.42. The first kappa shape index (κ1) is 18.2. The number of carbonyl (C=O) groups excluding carboxylic acids is 1. The molecule has 1 fully saturated rings. The molecule has 3 heterocycles. The van der Waals surface area contributed by atoms with E-state index in [1.807, 2.05) is 23.1 Å². The van der Waals surface area contributed by atoms with Gasteiger partial charge in [0, 0.05) is 31.8 Å². The van der Waals surface area contributed by atoms with Crippen LogP contribution in [0.2, 0.25) is 0 Å². The van der Waals surface area contributed by atoms with E-state index in [1.54, 1.807) is 12.3 Å². The summed E-state index contributed by atoms with van der Waals surface area (Å²) in [5, 5.41) is 0. The van der Waals surface area contributed by atoms with Gasteiger partial charge in [-0.1, -0.05) is 30.3 Å². The summed E-state index contributed by atoms with van der Waals surface area (Å²) in [6.07, 6.45) is 5.75. The van der Waals surface area contributed by atoms with Crippen LogP contribution in [0.15, 0.2) is 64.1 Å². The fourth-order valence-corrected chi connectivity index (χ4v) is 3.78. The molecule has 3 aromatic rings. The van der Waals surface area contributed by atoms with Crippen LogP contribution in [0, 0.1) is 0 Å². The number of hydrogen-bond acceptors (Lipinski definition) is 4. The first-order valence-electron chi connectivity index (χ1n) is 9.51.